The van der Waals surface area contributed by atoms with Crippen molar-refractivity contribution in [2.75, 3.05) is 43.4 Å². The molecule has 1 saturated heterocycles. The monoisotopic (exact) mass is 318 g/mol. The van der Waals surface area contributed by atoms with Gasteiger partial charge in [0.2, 0.25) is 5.91 Å². The third kappa shape index (κ3) is 2.57. The smallest absolute Gasteiger partial charge is 0.219 e. The number of rotatable bonds is 2. The summed E-state index contributed by atoms with van der Waals surface area (Å²) in [7, 11) is 1.87. The maximum Gasteiger partial charge on any atom is 0.219 e. The van der Waals surface area contributed by atoms with Gasteiger partial charge < -0.3 is 15.1 Å². The normalized spacial score (nSPS) is 15.2. The van der Waals surface area contributed by atoms with Crippen molar-refractivity contribution in [2.45, 2.75) is 6.92 Å². The van der Waals surface area contributed by atoms with Crippen molar-refractivity contribution in [3.63, 3.8) is 0 Å². The summed E-state index contributed by atoms with van der Waals surface area (Å²) in [5, 5.41) is 5.89. The summed E-state index contributed by atoms with van der Waals surface area (Å²) < 4.78 is 0. The van der Waals surface area contributed by atoms with Gasteiger partial charge in [-0.15, -0.1) is 0 Å². The first-order valence-corrected chi connectivity index (χ1v) is 7.75. The lowest BCUT2D eigenvalue weighted by Gasteiger charge is -2.35. The molecule has 6 heteroatoms. The third-order valence-corrected chi connectivity index (χ3v) is 4.45. The Balaban J connectivity index is 1.99. The molecule has 0 atom stereocenters. The van der Waals surface area contributed by atoms with Crippen molar-refractivity contribution >= 4 is 39.8 Å². The Kier molecular flexibility index (Phi) is 4.07. The topological polar surface area (TPSA) is 48.5 Å². The predicted molar refractivity (Wildman–Crippen MR) is 90.8 cm³/mol. The van der Waals surface area contributed by atoms with Gasteiger partial charge in [-0.2, -0.15) is 0 Å². The van der Waals surface area contributed by atoms with Crippen LogP contribution in [0, 0.1) is 0 Å². The van der Waals surface area contributed by atoms with E-state index < -0.39 is 0 Å². The van der Waals surface area contributed by atoms with Crippen LogP contribution in [-0.2, 0) is 4.79 Å². The number of benzene rings is 1. The summed E-state index contributed by atoms with van der Waals surface area (Å²) in [5.74, 6) is 1.06. The maximum absolute atomic E-state index is 11.4. The number of anilines is 2. The molecule has 1 N–H and O–H groups in total. The fraction of sp³-hybridized carbons (Fsp3) is 0.375. The van der Waals surface area contributed by atoms with Crippen molar-refractivity contribution in [2.24, 2.45) is 0 Å². The van der Waals surface area contributed by atoms with E-state index in [9.17, 15) is 4.79 Å². The van der Waals surface area contributed by atoms with Crippen LogP contribution in [0.15, 0.2) is 24.4 Å². The zero-order valence-corrected chi connectivity index (χ0v) is 13.5. The second-order valence-corrected chi connectivity index (χ2v) is 5.81. The fourth-order valence-corrected chi connectivity index (χ4v) is 3.20. The van der Waals surface area contributed by atoms with E-state index in [0.717, 1.165) is 48.5 Å². The van der Waals surface area contributed by atoms with Crippen molar-refractivity contribution < 1.29 is 4.79 Å². The number of aromatic nitrogens is 1. The molecular formula is C16H19ClN4O. The van der Waals surface area contributed by atoms with Gasteiger partial charge in [0.15, 0.2) is 0 Å². The van der Waals surface area contributed by atoms with E-state index in [1.54, 1.807) is 6.92 Å². The first-order valence-electron chi connectivity index (χ1n) is 7.37. The molecule has 0 bridgehead atoms. The molecule has 116 valence electrons. The number of halogens is 1. The molecule has 2 heterocycles. The van der Waals surface area contributed by atoms with Crippen molar-refractivity contribution in [1.29, 1.82) is 0 Å². The first kappa shape index (κ1) is 14.9. The quantitative estimate of drug-likeness (QED) is 0.924. The average molecular weight is 319 g/mol. The van der Waals surface area contributed by atoms with Crippen molar-refractivity contribution in [1.82, 2.24) is 9.88 Å². The molecule has 1 fully saturated rings. The van der Waals surface area contributed by atoms with E-state index in [2.05, 4.69) is 15.2 Å². The number of amides is 1. The van der Waals surface area contributed by atoms with Crippen LogP contribution in [0.4, 0.5) is 11.5 Å². The van der Waals surface area contributed by atoms with Crippen LogP contribution in [-0.4, -0.2) is 49.0 Å². The SMILES string of the molecule is CNc1cnc(N2CCN(C(C)=O)CC2)c2cccc(Cl)c12. The molecule has 1 amide bonds. The van der Waals surface area contributed by atoms with E-state index >= 15 is 0 Å². The van der Waals surface area contributed by atoms with Crippen LogP contribution < -0.4 is 10.2 Å². The summed E-state index contributed by atoms with van der Waals surface area (Å²) >= 11 is 6.38. The number of carbonyl (C=O) groups is 1. The fourth-order valence-electron chi connectivity index (χ4n) is 2.92. The Labute approximate surface area is 134 Å². The molecule has 1 aromatic heterocycles. The Morgan fingerprint density at radius 3 is 2.64 bits per heavy atom. The predicted octanol–water partition coefficient (Wildman–Crippen LogP) is 2.60. The number of carbonyl (C=O) groups excluding carboxylic acids is 1. The van der Waals surface area contributed by atoms with Crippen LogP contribution in [0.3, 0.4) is 0 Å². The number of hydrogen-bond donors (Lipinski definition) is 1. The van der Waals surface area contributed by atoms with Gasteiger partial charge in [0.1, 0.15) is 5.82 Å². The highest BCUT2D eigenvalue weighted by molar-refractivity contribution is 6.37. The number of fused-ring (bicyclic) bond motifs is 1. The lowest BCUT2D eigenvalue weighted by molar-refractivity contribution is -0.129. The number of nitrogens with one attached hydrogen (secondary N) is 1. The molecule has 5 nitrogen and oxygen atoms in total. The lowest BCUT2D eigenvalue weighted by Crippen LogP contribution is -2.48. The molecule has 0 unspecified atom stereocenters. The number of hydrogen-bond acceptors (Lipinski definition) is 4. The van der Waals surface area contributed by atoms with Crippen molar-refractivity contribution in [3.05, 3.63) is 29.4 Å². The van der Waals surface area contributed by atoms with Crippen LogP contribution in [0.2, 0.25) is 5.02 Å². The third-order valence-electron chi connectivity index (χ3n) is 4.13. The zero-order valence-electron chi connectivity index (χ0n) is 12.8. The van der Waals surface area contributed by atoms with Gasteiger partial charge in [0, 0.05) is 50.9 Å². The van der Waals surface area contributed by atoms with Crippen molar-refractivity contribution in [3.8, 4) is 0 Å². The molecule has 0 saturated carbocycles. The van der Waals surface area contributed by atoms with E-state index in [0.29, 0.717) is 5.02 Å². The van der Waals surface area contributed by atoms with Crippen LogP contribution in [0.1, 0.15) is 6.92 Å². The van der Waals surface area contributed by atoms with Gasteiger partial charge in [-0.25, -0.2) is 4.98 Å². The molecule has 0 spiro atoms. The molecule has 22 heavy (non-hydrogen) atoms. The molecule has 0 radical (unpaired) electrons. The minimum Gasteiger partial charge on any atom is -0.386 e. The molecule has 1 aliphatic heterocycles. The highest BCUT2D eigenvalue weighted by atomic mass is 35.5. The van der Waals surface area contributed by atoms with Crippen LogP contribution in [0.25, 0.3) is 10.8 Å². The highest BCUT2D eigenvalue weighted by Crippen LogP contribution is 2.35. The van der Waals surface area contributed by atoms with E-state index in [1.165, 1.54) is 0 Å². The van der Waals surface area contributed by atoms with E-state index in [-0.39, 0.29) is 5.91 Å². The number of piperazine rings is 1. The van der Waals surface area contributed by atoms with Crippen LogP contribution >= 0.6 is 11.6 Å². The first-order chi connectivity index (χ1) is 10.6. The summed E-state index contributed by atoms with van der Waals surface area (Å²) in [6, 6.07) is 5.88. The standard InChI is InChI=1S/C16H19ClN4O/c1-11(22)20-6-8-21(9-7-20)16-12-4-3-5-13(17)15(12)14(18-2)10-19-16/h3-5,10,18H,6-9H2,1-2H3. The van der Waals surface area contributed by atoms with Gasteiger partial charge in [0.25, 0.3) is 0 Å². The Bertz CT molecular complexity index is 711. The second kappa shape index (κ2) is 6.01. The Hall–Kier alpha value is -2.01. The number of nitrogens with zero attached hydrogens (tertiary/aromatic N) is 3. The van der Waals surface area contributed by atoms with Gasteiger partial charge in [-0.05, 0) is 6.07 Å². The minimum absolute atomic E-state index is 0.131. The molecule has 1 aliphatic rings. The van der Waals surface area contributed by atoms with Crippen LogP contribution in [0.5, 0.6) is 0 Å². The summed E-state index contributed by atoms with van der Waals surface area (Å²) in [5.41, 5.74) is 0.923. The van der Waals surface area contributed by atoms with Gasteiger partial charge in [-0.1, -0.05) is 23.7 Å². The zero-order chi connectivity index (χ0) is 15.7. The van der Waals surface area contributed by atoms with E-state index in [4.69, 9.17) is 11.6 Å². The van der Waals surface area contributed by atoms with Gasteiger partial charge >= 0.3 is 0 Å². The summed E-state index contributed by atoms with van der Waals surface area (Å²) in [6.07, 6.45) is 1.82. The summed E-state index contributed by atoms with van der Waals surface area (Å²) in [4.78, 5) is 20.2. The molecule has 2 aromatic rings. The van der Waals surface area contributed by atoms with Gasteiger partial charge in [0.05, 0.1) is 16.9 Å². The molecule has 0 aliphatic carbocycles. The largest absolute Gasteiger partial charge is 0.386 e. The molecular weight excluding hydrogens is 300 g/mol. The van der Waals surface area contributed by atoms with Gasteiger partial charge in [-0.3, -0.25) is 4.79 Å². The lowest BCUT2D eigenvalue weighted by atomic mass is 10.1. The molecule has 3 rings (SSSR count). The Morgan fingerprint density at radius 2 is 2.00 bits per heavy atom. The average Bonchev–Trinajstić information content (AvgIpc) is 2.54. The van der Waals surface area contributed by atoms with E-state index in [1.807, 2.05) is 36.3 Å². The number of pyridine rings is 1. The highest BCUT2D eigenvalue weighted by Gasteiger charge is 2.22. The summed E-state index contributed by atoms with van der Waals surface area (Å²) in [6.45, 7) is 4.64. The molecule has 1 aromatic carbocycles. The Morgan fingerprint density at radius 1 is 1.27 bits per heavy atom. The second-order valence-electron chi connectivity index (χ2n) is 5.40. The maximum atomic E-state index is 11.4. The minimum atomic E-state index is 0.131.